The highest BCUT2D eigenvalue weighted by Gasteiger charge is 2.17. The molecule has 1 rings (SSSR count). The van der Waals surface area contributed by atoms with Crippen LogP contribution < -0.4 is 10.6 Å². The van der Waals surface area contributed by atoms with Crippen molar-refractivity contribution in [3.8, 4) is 0 Å². The summed E-state index contributed by atoms with van der Waals surface area (Å²) in [6.45, 7) is 9.81. The number of nitrogens with zero attached hydrogens (tertiary/aromatic N) is 1. The van der Waals surface area contributed by atoms with Crippen molar-refractivity contribution in [3.05, 3.63) is 28.2 Å². The van der Waals surface area contributed by atoms with E-state index in [2.05, 4.69) is 54.6 Å². The van der Waals surface area contributed by atoms with Crippen LogP contribution in [0.3, 0.4) is 0 Å². The van der Waals surface area contributed by atoms with Crippen LogP contribution >= 0.6 is 28.1 Å². The summed E-state index contributed by atoms with van der Waals surface area (Å²) >= 11 is 8.63. The van der Waals surface area contributed by atoms with E-state index in [-0.39, 0.29) is 0 Å². The van der Waals surface area contributed by atoms with E-state index in [1.807, 2.05) is 12.1 Å². The third kappa shape index (κ3) is 3.95. The van der Waals surface area contributed by atoms with Gasteiger partial charge in [-0.3, -0.25) is 0 Å². The summed E-state index contributed by atoms with van der Waals surface area (Å²) in [5, 5.41) is 0. The minimum absolute atomic E-state index is 0.418. The van der Waals surface area contributed by atoms with Crippen molar-refractivity contribution in [2.75, 3.05) is 11.4 Å². The van der Waals surface area contributed by atoms with Crippen molar-refractivity contribution in [1.82, 2.24) is 0 Å². The Morgan fingerprint density at radius 1 is 1.33 bits per heavy atom. The number of halogens is 1. The molecular formula is C14H21BrN2S. The third-order valence-corrected chi connectivity index (χ3v) is 3.43. The summed E-state index contributed by atoms with van der Waals surface area (Å²) in [4.78, 5) is 2.80. The molecule has 0 heterocycles. The number of thiocarbonyl (C=S) groups is 1. The molecule has 1 aromatic rings. The van der Waals surface area contributed by atoms with E-state index in [4.69, 9.17) is 18.0 Å². The lowest BCUT2D eigenvalue weighted by Gasteiger charge is -2.32. The molecule has 0 aromatic heterocycles. The number of benzene rings is 1. The maximum Gasteiger partial charge on any atom is 0.106 e. The summed E-state index contributed by atoms with van der Waals surface area (Å²) < 4.78 is 1.00. The average Bonchev–Trinajstić information content (AvgIpc) is 2.25. The first-order valence-corrected chi connectivity index (χ1v) is 7.39. The van der Waals surface area contributed by atoms with Gasteiger partial charge in [0.05, 0.1) is 0 Å². The monoisotopic (exact) mass is 328 g/mol. The molecule has 1 aromatic carbocycles. The molecule has 100 valence electrons. The number of hydrogen-bond acceptors (Lipinski definition) is 2. The Labute approximate surface area is 124 Å². The third-order valence-electron chi connectivity index (χ3n) is 2.72. The molecule has 0 bridgehead atoms. The van der Waals surface area contributed by atoms with Crippen LogP contribution in [0.4, 0.5) is 5.69 Å². The lowest BCUT2D eigenvalue weighted by Crippen LogP contribution is -2.35. The second-order valence-electron chi connectivity index (χ2n) is 5.17. The van der Waals surface area contributed by atoms with Crippen LogP contribution in [0, 0.1) is 5.92 Å². The van der Waals surface area contributed by atoms with Crippen LogP contribution in [-0.4, -0.2) is 17.6 Å². The summed E-state index contributed by atoms with van der Waals surface area (Å²) in [6.07, 6.45) is 0. The molecule has 2 nitrogen and oxygen atoms in total. The van der Waals surface area contributed by atoms with Gasteiger partial charge in [-0.15, -0.1) is 0 Å². The molecule has 0 saturated carbocycles. The standard InChI is InChI=1S/C14H21BrN2S/c1-9(2)8-17(10(3)4)13-6-5-11(15)7-12(13)14(16)18/h5-7,9-10H,8H2,1-4H3,(H2,16,18). The fourth-order valence-corrected chi connectivity index (χ4v) is 2.46. The van der Waals surface area contributed by atoms with Crippen molar-refractivity contribution in [2.24, 2.45) is 11.7 Å². The highest BCUT2D eigenvalue weighted by molar-refractivity contribution is 9.10. The Morgan fingerprint density at radius 3 is 2.39 bits per heavy atom. The van der Waals surface area contributed by atoms with Crippen LogP contribution in [0.2, 0.25) is 0 Å². The highest BCUT2D eigenvalue weighted by Crippen LogP contribution is 2.27. The van der Waals surface area contributed by atoms with E-state index in [1.54, 1.807) is 0 Å². The quantitative estimate of drug-likeness (QED) is 0.829. The van der Waals surface area contributed by atoms with E-state index < -0.39 is 0 Å². The molecular weight excluding hydrogens is 308 g/mol. The SMILES string of the molecule is CC(C)CN(c1ccc(Br)cc1C(N)=S)C(C)C. The Kier molecular flexibility index (Phi) is 5.60. The van der Waals surface area contributed by atoms with Gasteiger partial charge < -0.3 is 10.6 Å². The molecule has 0 radical (unpaired) electrons. The molecule has 0 amide bonds. The molecule has 0 fully saturated rings. The van der Waals surface area contributed by atoms with Crippen molar-refractivity contribution in [2.45, 2.75) is 33.7 Å². The summed E-state index contributed by atoms with van der Waals surface area (Å²) in [5.41, 5.74) is 7.89. The van der Waals surface area contributed by atoms with Crippen LogP contribution in [0.5, 0.6) is 0 Å². The number of anilines is 1. The second-order valence-corrected chi connectivity index (χ2v) is 6.52. The smallest absolute Gasteiger partial charge is 0.106 e. The molecule has 0 unspecified atom stereocenters. The van der Waals surface area contributed by atoms with Crippen molar-refractivity contribution in [3.63, 3.8) is 0 Å². The van der Waals surface area contributed by atoms with Crippen molar-refractivity contribution in [1.29, 1.82) is 0 Å². The molecule has 2 N–H and O–H groups in total. The van der Waals surface area contributed by atoms with Crippen LogP contribution in [0.15, 0.2) is 22.7 Å². The van der Waals surface area contributed by atoms with Gasteiger partial charge in [0.1, 0.15) is 4.99 Å². The zero-order valence-corrected chi connectivity index (χ0v) is 13.8. The van der Waals surface area contributed by atoms with E-state index in [0.29, 0.717) is 16.9 Å². The van der Waals surface area contributed by atoms with Gasteiger partial charge in [-0.25, -0.2) is 0 Å². The molecule has 0 aliphatic heterocycles. The maximum atomic E-state index is 5.84. The van der Waals surface area contributed by atoms with E-state index >= 15 is 0 Å². The Balaban J connectivity index is 3.22. The molecule has 0 atom stereocenters. The lowest BCUT2D eigenvalue weighted by molar-refractivity contribution is 0.571. The van der Waals surface area contributed by atoms with Crippen molar-refractivity contribution >= 4 is 38.8 Å². The summed E-state index contributed by atoms with van der Waals surface area (Å²) in [7, 11) is 0. The maximum absolute atomic E-state index is 5.84. The Bertz CT molecular complexity index is 430. The van der Waals surface area contributed by atoms with Gasteiger partial charge in [0, 0.05) is 28.3 Å². The predicted molar refractivity (Wildman–Crippen MR) is 87.3 cm³/mol. The summed E-state index contributed by atoms with van der Waals surface area (Å²) in [6, 6.07) is 6.53. The van der Waals surface area contributed by atoms with Gasteiger partial charge in [-0.2, -0.15) is 0 Å². The molecule has 0 spiro atoms. The largest absolute Gasteiger partial charge is 0.389 e. The van der Waals surface area contributed by atoms with Crippen LogP contribution in [0.25, 0.3) is 0 Å². The van der Waals surface area contributed by atoms with Gasteiger partial charge in [0.25, 0.3) is 0 Å². The van der Waals surface area contributed by atoms with Gasteiger partial charge in [0.15, 0.2) is 0 Å². The zero-order chi connectivity index (χ0) is 13.9. The van der Waals surface area contributed by atoms with E-state index in [9.17, 15) is 0 Å². The van der Waals surface area contributed by atoms with Gasteiger partial charge in [-0.05, 0) is 38.0 Å². The fraction of sp³-hybridized carbons (Fsp3) is 0.500. The Hall–Kier alpha value is -0.610. The lowest BCUT2D eigenvalue weighted by atomic mass is 10.1. The van der Waals surface area contributed by atoms with Crippen LogP contribution in [-0.2, 0) is 0 Å². The first kappa shape index (κ1) is 15.4. The van der Waals surface area contributed by atoms with Gasteiger partial charge in [-0.1, -0.05) is 42.0 Å². The second kappa shape index (κ2) is 6.53. The Morgan fingerprint density at radius 2 is 1.94 bits per heavy atom. The van der Waals surface area contributed by atoms with Gasteiger partial charge in [0.2, 0.25) is 0 Å². The number of rotatable bonds is 5. The van der Waals surface area contributed by atoms with E-state index in [0.717, 1.165) is 22.3 Å². The summed E-state index contributed by atoms with van der Waals surface area (Å²) in [5.74, 6) is 0.593. The molecule has 18 heavy (non-hydrogen) atoms. The predicted octanol–water partition coefficient (Wildman–Crippen LogP) is 3.95. The molecule has 0 saturated heterocycles. The minimum Gasteiger partial charge on any atom is -0.389 e. The van der Waals surface area contributed by atoms with Crippen LogP contribution in [0.1, 0.15) is 33.3 Å². The zero-order valence-electron chi connectivity index (χ0n) is 11.4. The normalized spacial score (nSPS) is 11.1. The first-order chi connectivity index (χ1) is 8.32. The number of nitrogens with two attached hydrogens (primary N) is 1. The fourth-order valence-electron chi connectivity index (χ4n) is 1.94. The number of hydrogen-bond donors (Lipinski definition) is 1. The van der Waals surface area contributed by atoms with Crippen molar-refractivity contribution < 1.29 is 0 Å². The van der Waals surface area contributed by atoms with Gasteiger partial charge >= 0.3 is 0 Å². The highest BCUT2D eigenvalue weighted by atomic mass is 79.9. The molecule has 4 heteroatoms. The van der Waals surface area contributed by atoms with E-state index in [1.165, 1.54) is 0 Å². The average molecular weight is 329 g/mol. The molecule has 0 aliphatic rings. The minimum atomic E-state index is 0.418. The topological polar surface area (TPSA) is 29.3 Å². The molecule has 0 aliphatic carbocycles. The first-order valence-electron chi connectivity index (χ1n) is 6.19.